The Labute approximate surface area is 194 Å². The van der Waals surface area contributed by atoms with Crippen molar-refractivity contribution in [3.63, 3.8) is 0 Å². The van der Waals surface area contributed by atoms with E-state index < -0.39 is 6.04 Å². The Balaban J connectivity index is 1.70. The number of hydrogen-bond acceptors (Lipinski definition) is 5. The second-order valence-corrected chi connectivity index (χ2v) is 8.27. The smallest absolute Gasteiger partial charge is 0.250 e. The summed E-state index contributed by atoms with van der Waals surface area (Å²) in [6, 6.07) is 13.4. The monoisotopic (exact) mass is 453 g/mol. The quantitative estimate of drug-likeness (QED) is 0.608. The van der Waals surface area contributed by atoms with Gasteiger partial charge < -0.3 is 25.0 Å². The van der Waals surface area contributed by atoms with Gasteiger partial charge in [0.25, 0.3) is 0 Å². The van der Waals surface area contributed by atoms with Crippen LogP contribution in [0.5, 0.6) is 11.5 Å². The van der Waals surface area contributed by atoms with E-state index in [0.717, 1.165) is 0 Å². The molecule has 0 fully saturated rings. The first-order chi connectivity index (χ1) is 15.9. The Morgan fingerprint density at radius 2 is 1.67 bits per heavy atom. The predicted octanol–water partition coefficient (Wildman–Crippen LogP) is 3.15. The van der Waals surface area contributed by atoms with Crippen LogP contribution < -0.4 is 20.1 Å². The number of rotatable bonds is 9. The summed E-state index contributed by atoms with van der Waals surface area (Å²) in [5.74, 6) is 0.479. The average molecular weight is 454 g/mol. The van der Waals surface area contributed by atoms with Gasteiger partial charge in [0, 0.05) is 24.7 Å². The van der Waals surface area contributed by atoms with Crippen molar-refractivity contribution >= 4 is 23.4 Å². The van der Waals surface area contributed by atoms with Gasteiger partial charge in [0.1, 0.15) is 19.3 Å². The maximum Gasteiger partial charge on any atom is 0.250 e. The highest BCUT2D eigenvalue weighted by atomic mass is 16.6. The molecule has 0 aliphatic carbocycles. The Bertz CT molecular complexity index is 977. The lowest BCUT2D eigenvalue weighted by Gasteiger charge is -2.27. The molecule has 33 heavy (non-hydrogen) atoms. The summed E-state index contributed by atoms with van der Waals surface area (Å²) < 4.78 is 11.0. The van der Waals surface area contributed by atoms with Gasteiger partial charge in [-0.15, -0.1) is 0 Å². The van der Waals surface area contributed by atoms with E-state index in [2.05, 4.69) is 10.6 Å². The number of carbonyl (C=O) groups excluding carboxylic acids is 3. The largest absolute Gasteiger partial charge is 0.486 e. The molecule has 1 heterocycles. The summed E-state index contributed by atoms with van der Waals surface area (Å²) in [4.78, 5) is 40.0. The molecule has 1 unspecified atom stereocenters. The van der Waals surface area contributed by atoms with Gasteiger partial charge in [-0.3, -0.25) is 14.4 Å². The summed E-state index contributed by atoms with van der Waals surface area (Å²) in [6.07, 6.45) is 0.313. The molecule has 3 amide bonds. The van der Waals surface area contributed by atoms with E-state index in [1.807, 2.05) is 32.0 Å². The van der Waals surface area contributed by atoms with Gasteiger partial charge in [-0.2, -0.15) is 0 Å². The molecule has 176 valence electrons. The van der Waals surface area contributed by atoms with Crippen molar-refractivity contribution in [3.05, 3.63) is 54.1 Å². The molecular formula is C25H31N3O5. The van der Waals surface area contributed by atoms with E-state index in [1.54, 1.807) is 37.3 Å². The van der Waals surface area contributed by atoms with E-state index in [1.165, 1.54) is 4.90 Å². The third kappa shape index (κ3) is 6.71. The lowest BCUT2D eigenvalue weighted by molar-refractivity contribution is -0.138. The molecule has 2 N–H and O–H groups in total. The van der Waals surface area contributed by atoms with E-state index in [-0.39, 0.29) is 30.2 Å². The summed E-state index contributed by atoms with van der Waals surface area (Å²) in [5.41, 5.74) is 1.22. The summed E-state index contributed by atoms with van der Waals surface area (Å²) >= 11 is 0. The number of amides is 3. The van der Waals surface area contributed by atoms with Crippen LogP contribution >= 0.6 is 0 Å². The number of carbonyl (C=O) groups is 3. The van der Waals surface area contributed by atoms with Crippen LogP contribution in [0.15, 0.2) is 48.5 Å². The Morgan fingerprint density at radius 1 is 0.970 bits per heavy atom. The minimum Gasteiger partial charge on any atom is -0.486 e. The fraction of sp³-hybridized carbons (Fsp3) is 0.400. The van der Waals surface area contributed by atoms with Crippen molar-refractivity contribution in [1.29, 1.82) is 0 Å². The Hall–Kier alpha value is -3.55. The maximum absolute atomic E-state index is 13.4. The number of anilines is 1. The lowest BCUT2D eigenvalue weighted by Crippen LogP contribution is -2.45. The van der Waals surface area contributed by atoms with Crippen LogP contribution in [0.2, 0.25) is 0 Å². The van der Waals surface area contributed by atoms with Crippen molar-refractivity contribution in [2.24, 2.45) is 5.92 Å². The minimum atomic E-state index is -0.862. The molecule has 8 nitrogen and oxygen atoms in total. The van der Waals surface area contributed by atoms with Gasteiger partial charge in [-0.1, -0.05) is 44.2 Å². The predicted molar refractivity (Wildman–Crippen MR) is 125 cm³/mol. The number of nitrogens with one attached hydrogen (secondary N) is 2. The van der Waals surface area contributed by atoms with Gasteiger partial charge in [0.2, 0.25) is 17.7 Å². The van der Waals surface area contributed by atoms with Gasteiger partial charge in [-0.25, -0.2) is 0 Å². The third-order valence-electron chi connectivity index (χ3n) is 5.13. The summed E-state index contributed by atoms with van der Waals surface area (Å²) in [6.45, 7) is 6.80. The first-order valence-electron chi connectivity index (χ1n) is 11.2. The van der Waals surface area contributed by atoms with Crippen molar-refractivity contribution in [3.8, 4) is 11.5 Å². The Morgan fingerprint density at radius 3 is 2.33 bits per heavy atom. The maximum atomic E-state index is 13.4. The number of likely N-dealkylation sites (N-methyl/N-ethyl adjacent to an activating group) is 1. The fourth-order valence-corrected chi connectivity index (χ4v) is 3.55. The van der Waals surface area contributed by atoms with Crippen molar-refractivity contribution in [1.82, 2.24) is 10.2 Å². The zero-order valence-electron chi connectivity index (χ0n) is 19.3. The van der Waals surface area contributed by atoms with Gasteiger partial charge in [-0.05, 0) is 30.5 Å². The molecule has 0 bridgehead atoms. The van der Waals surface area contributed by atoms with Crippen LogP contribution in [0.25, 0.3) is 0 Å². The molecule has 0 saturated heterocycles. The van der Waals surface area contributed by atoms with Crippen LogP contribution in [0.3, 0.4) is 0 Å². The SMILES string of the molecule is CCN(CC(=O)Nc1ccc2c(c1)OCCO2)C(=O)C(NC(=O)CC(C)C)c1ccccc1. The highest BCUT2D eigenvalue weighted by molar-refractivity contribution is 5.96. The third-order valence-corrected chi connectivity index (χ3v) is 5.13. The molecule has 1 aliphatic rings. The number of ether oxygens (including phenoxy) is 2. The van der Waals surface area contributed by atoms with Crippen molar-refractivity contribution in [2.75, 3.05) is 31.6 Å². The zero-order valence-corrected chi connectivity index (χ0v) is 19.3. The molecule has 1 atom stereocenters. The molecule has 0 saturated carbocycles. The second kappa shape index (κ2) is 11.4. The standard InChI is InChI=1S/C25H31N3O5/c1-4-28(16-23(30)26-19-10-11-20-21(15-19)33-13-12-32-20)25(31)24(18-8-6-5-7-9-18)27-22(29)14-17(2)3/h5-11,15,17,24H,4,12-14,16H2,1-3H3,(H,26,30)(H,27,29). The number of benzene rings is 2. The molecule has 2 aromatic carbocycles. The minimum absolute atomic E-state index is 0.146. The van der Waals surface area contributed by atoms with E-state index in [4.69, 9.17) is 9.47 Å². The molecule has 0 radical (unpaired) electrons. The molecule has 2 aromatic rings. The number of fused-ring (bicyclic) bond motifs is 1. The molecular weight excluding hydrogens is 422 g/mol. The lowest BCUT2D eigenvalue weighted by atomic mass is 10.0. The zero-order chi connectivity index (χ0) is 23.8. The van der Waals surface area contributed by atoms with Gasteiger partial charge >= 0.3 is 0 Å². The average Bonchev–Trinajstić information content (AvgIpc) is 2.80. The molecule has 0 aromatic heterocycles. The molecule has 8 heteroatoms. The molecule has 3 rings (SSSR count). The van der Waals surface area contributed by atoms with E-state index >= 15 is 0 Å². The highest BCUT2D eigenvalue weighted by Gasteiger charge is 2.28. The van der Waals surface area contributed by atoms with Crippen LogP contribution in [-0.2, 0) is 14.4 Å². The Kier molecular flexibility index (Phi) is 8.29. The van der Waals surface area contributed by atoms with Crippen LogP contribution in [0.1, 0.15) is 38.8 Å². The summed E-state index contributed by atoms with van der Waals surface area (Å²) in [7, 11) is 0. The fourth-order valence-electron chi connectivity index (χ4n) is 3.55. The first kappa shape index (κ1) is 24.1. The highest BCUT2D eigenvalue weighted by Crippen LogP contribution is 2.32. The first-order valence-corrected chi connectivity index (χ1v) is 11.2. The van der Waals surface area contributed by atoms with E-state index in [0.29, 0.717) is 48.9 Å². The topological polar surface area (TPSA) is 97.0 Å². The van der Waals surface area contributed by atoms with Crippen molar-refractivity contribution < 1.29 is 23.9 Å². The van der Waals surface area contributed by atoms with Gasteiger partial charge in [0.05, 0.1) is 6.54 Å². The second-order valence-electron chi connectivity index (χ2n) is 8.27. The van der Waals surface area contributed by atoms with Crippen LogP contribution in [-0.4, -0.2) is 48.9 Å². The van der Waals surface area contributed by atoms with E-state index in [9.17, 15) is 14.4 Å². The number of nitrogens with zero attached hydrogens (tertiary/aromatic N) is 1. The number of hydrogen-bond donors (Lipinski definition) is 2. The summed E-state index contributed by atoms with van der Waals surface area (Å²) in [5, 5.41) is 5.65. The molecule has 0 spiro atoms. The van der Waals surface area contributed by atoms with Gasteiger partial charge in [0.15, 0.2) is 11.5 Å². The van der Waals surface area contributed by atoms with Crippen molar-refractivity contribution in [2.45, 2.75) is 33.2 Å². The molecule has 1 aliphatic heterocycles. The van der Waals surface area contributed by atoms with Crippen LogP contribution in [0, 0.1) is 5.92 Å². The van der Waals surface area contributed by atoms with Crippen LogP contribution in [0.4, 0.5) is 5.69 Å². The normalized spacial score (nSPS) is 13.2.